The van der Waals surface area contributed by atoms with Crippen LogP contribution in [0.2, 0.25) is 0 Å². The summed E-state index contributed by atoms with van der Waals surface area (Å²) in [4.78, 5) is 25.7. The number of aryl methyl sites for hydroxylation is 2. The van der Waals surface area contributed by atoms with E-state index in [9.17, 15) is 9.70 Å². The molecule has 228 valence electrons. The number of hydrogen-bond donors (Lipinski definition) is 3. The van der Waals surface area contributed by atoms with Crippen LogP contribution in [0.5, 0.6) is 0 Å². The Morgan fingerprint density at radius 1 is 1.00 bits per heavy atom. The van der Waals surface area contributed by atoms with Gasteiger partial charge in [-0.25, -0.2) is 0 Å². The SMILES string of the molecule is CCn1c(-c2ccc([NH+]=O)cc2)c(CCCN2CCC(c3cccc(CNC(=O)C(C)C)c3)CC2)c2ccccc21.CO. The zero-order valence-electron chi connectivity index (χ0n) is 26.1. The molecule has 0 spiro atoms. The Morgan fingerprint density at radius 3 is 2.40 bits per heavy atom. The number of amides is 1. The fourth-order valence-corrected chi connectivity index (χ4v) is 6.30. The van der Waals surface area contributed by atoms with Gasteiger partial charge in [0.2, 0.25) is 5.91 Å². The Labute approximate surface area is 255 Å². The third kappa shape index (κ3) is 7.78. The van der Waals surface area contributed by atoms with E-state index in [4.69, 9.17) is 5.11 Å². The quantitative estimate of drug-likeness (QED) is 0.218. The van der Waals surface area contributed by atoms with Crippen LogP contribution >= 0.6 is 0 Å². The van der Waals surface area contributed by atoms with Crippen molar-refractivity contribution in [2.75, 3.05) is 26.7 Å². The molecule has 1 fully saturated rings. The molecule has 0 radical (unpaired) electrons. The van der Waals surface area contributed by atoms with Gasteiger partial charge >= 0.3 is 0 Å². The molecule has 2 heterocycles. The normalized spacial score (nSPS) is 14.0. The molecule has 4 aromatic rings. The molecule has 43 heavy (non-hydrogen) atoms. The van der Waals surface area contributed by atoms with Crippen molar-refractivity contribution in [3.05, 3.63) is 94.4 Å². The highest BCUT2D eigenvalue weighted by atomic mass is 16.3. The van der Waals surface area contributed by atoms with Crippen molar-refractivity contribution in [1.29, 1.82) is 0 Å². The molecule has 1 saturated heterocycles. The van der Waals surface area contributed by atoms with Gasteiger partial charge in [0.05, 0.1) is 5.69 Å². The van der Waals surface area contributed by atoms with Crippen LogP contribution in [0.1, 0.15) is 62.6 Å². The van der Waals surface area contributed by atoms with Crippen LogP contribution in [-0.2, 0) is 24.3 Å². The molecule has 7 nitrogen and oxygen atoms in total. The second kappa shape index (κ2) is 15.6. The van der Waals surface area contributed by atoms with Gasteiger partial charge in [-0.3, -0.25) is 4.79 Å². The summed E-state index contributed by atoms with van der Waals surface area (Å²) in [6, 6.07) is 25.3. The molecule has 3 N–H and O–H groups in total. The van der Waals surface area contributed by atoms with Crippen molar-refractivity contribution in [2.45, 2.75) is 65.5 Å². The number of aliphatic hydroxyl groups is 1. The molecular formula is C36H47N4O3+. The topological polar surface area (TPSA) is 88.5 Å². The molecule has 5 rings (SSSR count). The van der Waals surface area contributed by atoms with E-state index in [-0.39, 0.29) is 11.8 Å². The average Bonchev–Trinajstić information content (AvgIpc) is 3.38. The summed E-state index contributed by atoms with van der Waals surface area (Å²) in [5.74, 6) is 0.686. The molecule has 1 aromatic heterocycles. The van der Waals surface area contributed by atoms with Crippen LogP contribution < -0.4 is 10.5 Å². The molecule has 1 aliphatic heterocycles. The van der Waals surface area contributed by atoms with Crippen molar-refractivity contribution in [3.8, 4) is 11.3 Å². The first-order valence-electron chi connectivity index (χ1n) is 15.6. The third-order valence-electron chi connectivity index (χ3n) is 8.57. The second-order valence-corrected chi connectivity index (χ2v) is 11.6. The Hall–Kier alpha value is -3.81. The predicted octanol–water partition coefficient (Wildman–Crippen LogP) is 5.50. The van der Waals surface area contributed by atoms with E-state index < -0.39 is 0 Å². The number of aliphatic hydroxyl groups excluding tert-OH is 1. The van der Waals surface area contributed by atoms with Gasteiger partial charge in [0.25, 0.3) is 5.69 Å². The van der Waals surface area contributed by atoms with Gasteiger partial charge < -0.3 is 19.9 Å². The van der Waals surface area contributed by atoms with Gasteiger partial charge in [-0.05, 0) is 98.6 Å². The summed E-state index contributed by atoms with van der Waals surface area (Å²) in [5.41, 5.74) is 8.27. The highest BCUT2D eigenvalue weighted by Gasteiger charge is 2.22. The number of nitrogens with one attached hydrogen (secondary N) is 2. The standard InChI is InChI=1S/C35H42N4O2.CH4O/c1-4-39-33-13-6-5-11-31(33)32(34(39)28-14-16-30(37-41)17-15-28)12-8-20-38-21-18-27(19-22-38)29-10-7-9-26(23-29)24-36-35(40)25(2)3;1-2/h5-7,9-11,13-17,23,25,27H,4,8,12,18-22,24H2,1-3H3,(H,36,40);2H,1H3/p+1. The number of aromatic nitrogens is 1. The molecule has 1 amide bonds. The summed E-state index contributed by atoms with van der Waals surface area (Å²) in [7, 11) is 1.00. The number of rotatable bonds is 11. The monoisotopic (exact) mass is 583 g/mol. The van der Waals surface area contributed by atoms with Crippen molar-refractivity contribution in [3.63, 3.8) is 0 Å². The Kier molecular flexibility index (Phi) is 11.6. The minimum absolute atomic E-state index is 0.00752. The minimum Gasteiger partial charge on any atom is -0.400 e. The van der Waals surface area contributed by atoms with Crippen molar-refractivity contribution in [2.24, 2.45) is 5.92 Å². The number of benzene rings is 3. The number of hydrogen-bond acceptors (Lipinski definition) is 4. The van der Waals surface area contributed by atoms with E-state index in [0.29, 0.717) is 18.2 Å². The summed E-state index contributed by atoms with van der Waals surface area (Å²) in [5, 5.41) is 13.4. The van der Waals surface area contributed by atoms with Gasteiger partial charge in [0, 0.05) is 59.2 Å². The van der Waals surface area contributed by atoms with Gasteiger partial charge in [-0.2, -0.15) is 0 Å². The molecule has 0 bridgehead atoms. The van der Waals surface area contributed by atoms with Crippen LogP contribution in [0.3, 0.4) is 0 Å². The van der Waals surface area contributed by atoms with E-state index in [2.05, 4.69) is 82.4 Å². The number of nitroso groups, excluding NO2 is 1. The maximum atomic E-state index is 12.0. The van der Waals surface area contributed by atoms with Gasteiger partial charge in [-0.15, -0.1) is 0 Å². The smallest absolute Gasteiger partial charge is 0.253 e. The molecular weight excluding hydrogens is 536 g/mol. The van der Waals surface area contributed by atoms with Crippen LogP contribution in [0.4, 0.5) is 5.69 Å². The van der Waals surface area contributed by atoms with Gasteiger partial charge in [0.1, 0.15) is 0 Å². The summed E-state index contributed by atoms with van der Waals surface area (Å²) in [6.45, 7) is 10.9. The van der Waals surface area contributed by atoms with Crippen molar-refractivity contribution < 1.29 is 15.1 Å². The van der Waals surface area contributed by atoms with E-state index in [1.807, 2.05) is 31.2 Å². The van der Waals surface area contributed by atoms with Crippen molar-refractivity contribution >= 4 is 22.5 Å². The number of carbonyl (C=O) groups is 1. The Morgan fingerprint density at radius 2 is 1.72 bits per heavy atom. The van der Waals surface area contributed by atoms with Crippen LogP contribution in [-0.4, -0.2) is 47.2 Å². The Balaban J connectivity index is 0.00000207. The van der Waals surface area contributed by atoms with E-state index in [0.717, 1.165) is 51.7 Å². The lowest BCUT2D eigenvalue weighted by Crippen LogP contribution is -2.55. The number of fused-ring (bicyclic) bond motifs is 1. The zero-order chi connectivity index (χ0) is 30.8. The van der Waals surface area contributed by atoms with E-state index in [1.54, 1.807) is 0 Å². The number of nitrogens with zero attached hydrogens (tertiary/aromatic N) is 2. The lowest BCUT2D eigenvalue weighted by atomic mass is 9.88. The lowest BCUT2D eigenvalue weighted by molar-refractivity contribution is -0.379. The third-order valence-corrected chi connectivity index (χ3v) is 8.57. The number of para-hydroxylation sites is 1. The van der Waals surface area contributed by atoms with E-state index in [1.165, 1.54) is 46.1 Å². The highest BCUT2D eigenvalue weighted by molar-refractivity contribution is 5.92. The van der Waals surface area contributed by atoms with Crippen LogP contribution in [0.15, 0.2) is 72.8 Å². The van der Waals surface area contributed by atoms with Gasteiger partial charge in [-0.1, -0.05) is 56.3 Å². The van der Waals surface area contributed by atoms with E-state index >= 15 is 0 Å². The zero-order valence-corrected chi connectivity index (χ0v) is 26.1. The first-order chi connectivity index (χ1) is 21.0. The molecule has 1 aliphatic rings. The Bertz CT molecular complexity index is 1480. The predicted molar refractivity (Wildman–Crippen MR) is 175 cm³/mol. The minimum atomic E-state index is 0.00752. The van der Waals surface area contributed by atoms with Crippen molar-refractivity contribution in [1.82, 2.24) is 14.8 Å². The fraction of sp³-hybridized carbons (Fsp3) is 0.417. The number of piperidine rings is 1. The summed E-state index contributed by atoms with van der Waals surface area (Å²) in [6.07, 6.45) is 4.47. The van der Waals surface area contributed by atoms with Gasteiger partial charge in [0.15, 0.2) is 0 Å². The molecule has 0 saturated carbocycles. The molecule has 7 heteroatoms. The first kappa shape index (κ1) is 32.1. The fourth-order valence-electron chi connectivity index (χ4n) is 6.30. The largest absolute Gasteiger partial charge is 0.400 e. The highest BCUT2D eigenvalue weighted by Crippen LogP contribution is 2.35. The lowest BCUT2D eigenvalue weighted by Gasteiger charge is -2.32. The molecule has 3 aromatic carbocycles. The maximum Gasteiger partial charge on any atom is 0.253 e. The maximum absolute atomic E-state index is 12.0. The summed E-state index contributed by atoms with van der Waals surface area (Å²) < 4.78 is 2.41. The van der Waals surface area contributed by atoms with Crippen LogP contribution in [0.25, 0.3) is 22.2 Å². The summed E-state index contributed by atoms with van der Waals surface area (Å²) >= 11 is 0. The first-order valence-corrected chi connectivity index (χ1v) is 15.6. The molecule has 0 aliphatic carbocycles. The van der Waals surface area contributed by atoms with Crippen LogP contribution in [0, 0.1) is 10.8 Å². The number of carbonyl (C=O) groups excluding carboxylic acids is 1. The second-order valence-electron chi connectivity index (χ2n) is 11.6. The molecule has 0 atom stereocenters. The number of likely N-dealkylation sites (tertiary alicyclic amines) is 1. The molecule has 0 unspecified atom stereocenters. The average molecular weight is 584 g/mol.